The number of hydrogen-bond acceptors (Lipinski definition) is 4. The Labute approximate surface area is 157 Å². The molecular weight excluding hydrogens is 346 g/mol. The minimum absolute atomic E-state index is 0. The number of aromatic nitrogens is 4. The summed E-state index contributed by atoms with van der Waals surface area (Å²) in [6.07, 6.45) is 10.7. The smallest absolute Gasteiger partial charge is 0.237 e. The van der Waals surface area contributed by atoms with Crippen LogP contribution < -0.4 is 5.32 Å². The average Bonchev–Trinajstić information content (AvgIpc) is 3.21. The lowest BCUT2D eigenvalue weighted by Crippen LogP contribution is -2.07. The van der Waals surface area contributed by atoms with E-state index in [9.17, 15) is 0 Å². The molecule has 0 fully saturated rings. The third-order valence-corrected chi connectivity index (χ3v) is 3.89. The van der Waals surface area contributed by atoms with Crippen LogP contribution in [0.3, 0.4) is 0 Å². The van der Waals surface area contributed by atoms with Crippen molar-refractivity contribution in [3.63, 3.8) is 0 Å². The SMILES string of the molecule is C#Cc1ccc2nc(-n3ccnc3)nc(NCc3ccccc3)c2c1.Cl. The van der Waals surface area contributed by atoms with Crippen LogP contribution in [0.5, 0.6) is 0 Å². The molecule has 4 aromatic rings. The zero-order valence-corrected chi connectivity index (χ0v) is 14.6. The topological polar surface area (TPSA) is 55.6 Å². The number of imidazole rings is 1. The summed E-state index contributed by atoms with van der Waals surface area (Å²) >= 11 is 0. The number of fused-ring (bicyclic) bond motifs is 1. The first-order valence-corrected chi connectivity index (χ1v) is 7.88. The molecular formula is C20H16ClN5. The molecule has 26 heavy (non-hydrogen) atoms. The second-order valence-electron chi connectivity index (χ2n) is 5.56. The summed E-state index contributed by atoms with van der Waals surface area (Å²) in [5.74, 6) is 3.97. The van der Waals surface area contributed by atoms with Gasteiger partial charge >= 0.3 is 0 Å². The van der Waals surface area contributed by atoms with Gasteiger partial charge in [0.1, 0.15) is 12.1 Å². The number of hydrogen-bond donors (Lipinski definition) is 1. The van der Waals surface area contributed by atoms with Crippen molar-refractivity contribution in [1.29, 1.82) is 0 Å². The number of halogens is 1. The number of anilines is 1. The molecule has 2 heterocycles. The average molecular weight is 362 g/mol. The molecule has 0 amide bonds. The van der Waals surface area contributed by atoms with Crippen molar-refractivity contribution in [2.45, 2.75) is 6.54 Å². The summed E-state index contributed by atoms with van der Waals surface area (Å²) < 4.78 is 1.78. The molecule has 2 aromatic heterocycles. The Morgan fingerprint density at radius 3 is 2.65 bits per heavy atom. The molecule has 0 aliphatic heterocycles. The quantitative estimate of drug-likeness (QED) is 0.561. The summed E-state index contributed by atoms with van der Waals surface area (Å²) in [4.78, 5) is 13.3. The van der Waals surface area contributed by atoms with E-state index in [0.29, 0.717) is 12.5 Å². The van der Waals surface area contributed by atoms with Gasteiger partial charge in [-0.3, -0.25) is 4.57 Å². The second kappa shape index (κ2) is 7.68. The van der Waals surface area contributed by atoms with Crippen molar-refractivity contribution in [3.8, 4) is 18.3 Å². The van der Waals surface area contributed by atoms with Gasteiger partial charge in [-0.2, -0.15) is 4.98 Å². The van der Waals surface area contributed by atoms with Gasteiger partial charge < -0.3 is 5.32 Å². The number of terminal acetylenes is 1. The van der Waals surface area contributed by atoms with E-state index in [1.807, 2.05) is 42.6 Å². The maximum atomic E-state index is 5.54. The van der Waals surface area contributed by atoms with E-state index in [1.165, 1.54) is 5.56 Å². The molecule has 0 saturated heterocycles. The highest BCUT2D eigenvalue weighted by atomic mass is 35.5. The van der Waals surface area contributed by atoms with Crippen LogP contribution in [0.1, 0.15) is 11.1 Å². The van der Waals surface area contributed by atoms with Crippen LogP contribution in [0.15, 0.2) is 67.3 Å². The summed E-state index contributed by atoms with van der Waals surface area (Å²) in [7, 11) is 0. The number of nitrogens with zero attached hydrogens (tertiary/aromatic N) is 4. The van der Waals surface area contributed by atoms with Crippen LogP contribution in [-0.4, -0.2) is 19.5 Å². The Bertz CT molecular complexity index is 1050. The lowest BCUT2D eigenvalue weighted by atomic mass is 10.1. The first kappa shape index (κ1) is 17.5. The standard InChI is InChI=1S/C20H15N5.ClH/c1-2-15-8-9-18-17(12-15)19(22-13-16-6-4-3-5-7-16)24-20(23-18)25-11-10-21-14-25;/h1,3-12,14H,13H2,(H,22,23,24);1H. The fourth-order valence-electron chi connectivity index (χ4n) is 2.62. The zero-order valence-electron chi connectivity index (χ0n) is 13.8. The monoisotopic (exact) mass is 361 g/mol. The van der Waals surface area contributed by atoms with Crippen molar-refractivity contribution >= 4 is 29.1 Å². The molecule has 128 valence electrons. The van der Waals surface area contributed by atoms with Gasteiger partial charge in [0.2, 0.25) is 5.95 Å². The fourth-order valence-corrected chi connectivity index (χ4v) is 2.62. The van der Waals surface area contributed by atoms with Crippen molar-refractivity contribution < 1.29 is 0 Å². The van der Waals surface area contributed by atoms with Crippen molar-refractivity contribution in [1.82, 2.24) is 19.5 Å². The zero-order chi connectivity index (χ0) is 17.1. The molecule has 0 radical (unpaired) electrons. The molecule has 2 aromatic carbocycles. The molecule has 0 aliphatic rings. The van der Waals surface area contributed by atoms with Gasteiger partial charge in [-0.25, -0.2) is 9.97 Å². The van der Waals surface area contributed by atoms with E-state index in [4.69, 9.17) is 6.42 Å². The van der Waals surface area contributed by atoms with E-state index in [-0.39, 0.29) is 12.4 Å². The van der Waals surface area contributed by atoms with Crippen molar-refractivity contribution in [3.05, 3.63) is 78.4 Å². The molecule has 0 aliphatic carbocycles. The number of benzene rings is 2. The summed E-state index contributed by atoms with van der Waals surface area (Å²) in [6, 6.07) is 15.9. The Morgan fingerprint density at radius 1 is 1.08 bits per heavy atom. The second-order valence-corrected chi connectivity index (χ2v) is 5.56. The van der Waals surface area contributed by atoms with Crippen molar-refractivity contribution in [2.75, 3.05) is 5.32 Å². The fraction of sp³-hybridized carbons (Fsp3) is 0.0500. The third kappa shape index (κ3) is 3.51. The van der Waals surface area contributed by atoms with Gasteiger partial charge in [0.25, 0.3) is 0 Å². The van der Waals surface area contributed by atoms with E-state index in [1.54, 1.807) is 17.1 Å². The maximum Gasteiger partial charge on any atom is 0.237 e. The minimum atomic E-state index is 0. The predicted molar refractivity (Wildman–Crippen MR) is 106 cm³/mol. The van der Waals surface area contributed by atoms with Gasteiger partial charge in [0.15, 0.2) is 0 Å². The highest BCUT2D eigenvalue weighted by Gasteiger charge is 2.10. The van der Waals surface area contributed by atoms with Gasteiger partial charge in [0.05, 0.1) is 5.52 Å². The number of rotatable bonds is 4. The van der Waals surface area contributed by atoms with E-state index >= 15 is 0 Å². The Hall–Kier alpha value is -3.36. The normalized spacial score (nSPS) is 10.1. The van der Waals surface area contributed by atoms with Crippen molar-refractivity contribution in [2.24, 2.45) is 0 Å². The predicted octanol–water partition coefficient (Wildman–Crippen LogP) is 3.83. The van der Waals surface area contributed by atoms with Crippen LogP contribution in [0.25, 0.3) is 16.9 Å². The van der Waals surface area contributed by atoms with Gasteiger partial charge in [-0.1, -0.05) is 36.3 Å². The van der Waals surface area contributed by atoms with Gasteiger partial charge in [0, 0.05) is 29.9 Å². The summed E-state index contributed by atoms with van der Waals surface area (Å²) in [5.41, 5.74) is 2.80. The van der Waals surface area contributed by atoms with E-state index in [2.05, 4.69) is 38.3 Å². The summed E-state index contributed by atoms with van der Waals surface area (Å²) in [5, 5.41) is 4.30. The maximum absolute atomic E-state index is 5.54. The van der Waals surface area contributed by atoms with Gasteiger partial charge in [-0.05, 0) is 23.8 Å². The first-order chi connectivity index (χ1) is 12.3. The molecule has 6 heteroatoms. The molecule has 0 atom stereocenters. The molecule has 0 saturated carbocycles. The first-order valence-electron chi connectivity index (χ1n) is 7.88. The van der Waals surface area contributed by atoms with Crippen LogP contribution in [0.2, 0.25) is 0 Å². The largest absolute Gasteiger partial charge is 0.365 e. The van der Waals surface area contributed by atoms with E-state index in [0.717, 1.165) is 22.3 Å². The minimum Gasteiger partial charge on any atom is -0.365 e. The lowest BCUT2D eigenvalue weighted by Gasteiger charge is -2.11. The molecule has 0 bridgehead atoms. The highest BCUT2D eigenvalue weighted by molar-refractivity contribution is 5.90. The number of nitrogens with one attached hydrogen (secondary N) is 1. The van der Waals surface area contributed by atoms with Crippen LogP contribution >= 0.6 is 12.4 Å². The van der Waals surface area contributed by atoms with Crippen LogP contribution in [0, 0.1) is 12.3 Å². The Kier molecular flexibility index (Phi) is 5.16. The van der Waals surface area contributed by atoms with Crippen LogP contribution in [0.4, 0.5) is 5.82 Å². The lowest BCUT2D eigenvalue weighted by molar-refractivity contribution is 0.936. The highest BCUT2D eigenvalue weighted by Crippen LogP contribution is 2.23. The van der Waals surface area contributed by atoms with Crippen LogP contribution in [-0.2, 0) is 6.54 Å². The molecule has 0 unspecified atom stereocenters. The van der Waals surface area contributed by atoms with Gasteiger partial charge in [-0.15, -0.1) is 18.8 Å². The summed E-state index contributed by atoms with van der Waals surface area (Å²) in [6.45, 7) is 0.663. The Balaban J connectivity index is 0.00000196. The molecule has 0 spiro atoms. The molecule has 5 nitrogen and oxygen atoms in total. The Morgan fingerprint density at radius 2 is 1.92 bits per heavy atom. The molecule has 1 N–H and O–H groups in total. The molecule has 4 rings (SSSR count). The van der Waals surface area contributed by atoms with E-state index < -0.39 is 0 Å². The third-order valence-electron chi connectivity index (χ3n) is 3.89.